The van der Waals surface area contributed by atoms with E-state index in [1.807, 2.05) is 0 Å². The number of anilines is 2. The number of nitrogens with one attached hydrogen (secondary N) is 1. The minimum Gasteiger partial charge on any atom is -0.475 e. The number of carbonyl (C=O) groups is 3. The zero-order valence-electron chi connectivity index (χ0n) is 16.3. The van der Waals surface area contributed by atoms with E-state index in [0.717, 1.165) is 0 Å². The summed E-state index contributed by atoms with van der Waals surface area (Å²) >= 11 is 0. The lowest BCUT2D eigenvalue weighted by atomic mass is 10.2. The van der Waals surface area contributed by atoms with Gasteiger partial charge in [0.25, 0.3) is 5.91 Å². The van der Waals surface area contributed by atoms with E-state index in [9.17, 15) is 18.8 Å². The smallest absolute Gasteiger partial charge is 0.350 e. The monoisotopic (exact) mass is 400 g/mol. The number of hydrogen-bond donors (Lipinski definition) is 1. The highest BCUT2D eigenvalue weighted by Crippen LogP contribution is 2.33. The second kappa shape index (κ2) is 8.30. The summed E-state index contributed by atoms with van der Waals surface area (Å²) in [6, 6.07) is 11.1. The first-order chi connectivity index (χ1) is 13.8. The van der Waals surface area contributed by atoms with Crippen LogP contribution in [-0.4, -0.2) is 36.5 Å². The van der Waals surface area contributed by atoms with E-state index >= 15 is 0 Å². The molecule has 0 bridgehead atoms. The van der Waals surface area contributed by atoms with E-state index < -0.39 is 29.9 Å². The molecule has 7 nitrogen and oxygen atoms in total. The third kappa shape index (κ3) is 4.53. The molecule has 8 heteroatoms. The Bertz CT molecular complexity index is 962. The number of benzene rings is 2. The Labute approximate surface area is 167 Å². The molecule has 1 aliphatic rings. The van der Waals surface area contributed by atoms with E-state index in [0.29, 0.717) is 17.0 Å². The van der Waals surface area contributed by atoms with Crippen LogP contribution in [0.5, 0.6) is 5.75 Å². The third-order valence-corrected chi connectivity index (χ3v) is 4.52. The molecule has 1 heterocycles. The minimum atomic E-state index is -1.14. The van der Waals surface area contributed by atoms with Crippen molar-refractivity contribution in [3.05, 3.63) is 53.8 Å². The number of esters is 1. The number of nitrogens with zero attached hydrogens (tertiary/aromatic N) is 1. The van der Waals surface area contributed by atoms with Crippen LogP contribution in [0.25, 0.3) is 0 Å². The molecule has 0 spiro atoms. The lowest BCUT2D eigenvalue weighted by Crippen LogP contribution is -2.48. The van der Waals surface area contributed by atoms with Crippen LogP contribution in [0.15, 0.2) is 42.5 Å². The number of amides is 2. The number of hydrogen-bond acceptors (Lipinski definition) is 5. The molecule has 152 valence electrons. The largest absolute Gasteiger partial charge is 0.475 e. The van der Waals surface area contributed by atoms with Crippen LogP contribution in [0.1, 0.15) is 19.4 Å². The molecule has 0 aliphatic carbocycles. The fraction of sp³-hybridized carbons (Fsp3) is 0.286. The van der Waals surface area contributed by atoms with Gasteiger partial charge in [-0.25, -0.2) is 9.18 Å². The second-order valence-electron chi connectivity index (χ2n) is 6.74. The SMILES string of the molecule is CC(=O)N1C[C@H](C(=O)O[C@H](C)C(=O)Nc2ccc(C)c(F)c2)Oc2ccccc21. The van der Waals surface area contributed by atoms with Crippen LogP contribution in [-0.2, 0) is 19.1 Å². The maximum absolute atomic E-state index is 13.6. The molecular weight excluding hydrogens is 379 g/mol. The first-order valence-corrected chi connectivity index (χ1v) is 9.07. The van der Waals surface area contributed by atoms with Crippen LogP contribution in [0.2, 0.25) is 0 Å². The van der Waals surface area contributed by atoms with Crippen molar-refractivity contribution in [2.24, 2.45) is 0 Å². The Morgan fingerprint density at radius 3 is 2.66 bits per heavy atom. The van der Waals surface area contributed by atoms with Gasteiger partial charge in [0.2, 0.25) is 12.0 Å². The number of halogens is 1. The normalized spacial score (nSPS) is 16.3. The molecule has 2 aromatic carbocycles. The standard InChI is InChI=1S/C21H21FN2O5/c1-12-8-9-15(10-16(12)22)23-20(26)13(2)28-21(27)19-11-24(14(3)25)17-6-4-5-7-18(17)29-19/h4-10,13,19H,11H2,1-3H3,(H,23,26)/t13-,19-/m1/s1. The Morgan fingerprint density at radius 2 is 1.97 bits per heavy atom. The topological polar surface area (TPSA) is 84.9 Å². The lowest BCUT2D eigenvalue weighted by molar-refractivity contribution is -0.160. The average Bonchev–Trinajstić information content (AvgIpc) is 2.69. The van der Waals surface area contributed by atoms with Gasteiger partial charge in [0, 0.05) is 12.6 Å². The van der Waals surface area contributed by atoms with Crippen molar-refractivity contribution < 1.29 is 28.2 Å². The highest BCUT2D eigenvalue weighted by atomic mass is 19.1. The summed E-state index contributed by atoms with van der Waals surface area (Å²) in [7, 11) is 0. The van der Waals surface area contributed by atoms with Gasteiger partial charge >= 0.3 is 5.97 Å². The van der Waals surface area contributed by atoms with Crippen LogP contribution in [0.3, 0.4) is 0 Å². The van der Waals surface area contributed by atoms with Gasteiger partial charge in [-0.1, -0.05) is 18.2 Å². The van der Waals surface area contributed by atoms with Crippen molar-refractivity contribution in [1.29, 1.82) is 0 Å². The molecule has 29 heavy (non-hydrogen) atoms. The first-order valence-electron chi connectivity index (χ1n) is 9.07. The number of aryl methyl sites for hydroxylation is 1. The summed E-state index contributed by atoms with van der Waals surface area (Å²) in [5.41, 5.74) is 1.27. The van der Waals surface area contributed by atoms with Crippen molar-refractivity contribution in [2.75, 3.05) is 16.8 Å². The Balaban J connectivity index is 1.65. The molecule has 2 amide bonds. The zero-order chi connectivity index (χ0) is 21.1. The van der Waals surface area contributed by atoms with Crippen molar-refractivity contribution >= 4 is 29.2 Å². The fourth-order valence-corrected chi connectivity index (χ4v) is 2.87. The molecule has 1 N–H and O–H groups in total. The molecular formula is C21H21FN2O5. The van der Waals surface area contributed by atoms with Crippen LogP contribution < -0.4 is 15.0 Å². The Morgan fingerprint density at radius 1 is 1.24 bits per heavy atom. The molecule has 1 aliphatic heterocycles. The Hall–Kier alpha value is -3.42. The summed E-state index contributed by atoms with van der Waals surface area (Å²) < 4.78 is 24.5. The maximum Gasteiger partial charge on any atom is 0.350 e. The van der Waals surface area contributed by atoms with Crippen molar-refractivity contribution in [2.45, 2.75) is 33.0 Å². The zero-order valence-corrected chi connectivity index (χ0v) is 16.3. The van der Waals surface area contributed by atoms with Crippen LogP contribution in [0, 0.1) is 12.7 Å². The number of rotatable bonds is 4. The maximum atomic E-state index is 13.6. The second-order valence-corrected chi connectivity index (χ2v) is 6.74. The third-order valence-electron chi connectivity index (χ3n) is 4.52. The molecule has 0 aromatic heterocycles. The van der Waals surface area contributed by atoms with E-state index in [2.05, 4.69) is 5.32 Å². The van der Waals surface area contributed by atoms with Gasteiger partial charge in [0.1, 0.15) is 11.6 Å². The van der Waals surface area contributed by atoms with Crippen LogP contribution >= 0.6 is 0 Å². The van der Waals surface area contributed by atoms with Gasteiger partial charge in [-0.2, -0.15) is 0 Å². The van der Waals surface area contributed by atoms with Gasteiger partial charge in [0.05, 0.1) is 12.2 Å². The van der Waals surface area contributed by atoms with Crippen LogP contribution in [0.4, 0.5) is 15.8 Å². The minimum absolute atomic E-state index is 0.0251. The van der Waals surface area contributed by atoms with E-state index in [1.54, 1.807) is 37.3 Å². The first kappa shape index (κ1) is 20.3. The molecule has 0 radical (unpaired) electrons. The molecule has 2 aromatic rings. The molecule has 0 saturated heterocycles. The average molecular weight is 400 g/mol. The van der Waals surface area contributed by atoms with Crippen molar-refractivity contribution in [3.8, 4) is 5.75 Å². The predicted molar refractivity (Wildman–Crippen MR) is 104 cm³/mol. The molecule has 2 atom stereocenters. The van der Waals surface area contributed by atoms with Crippen molar-refractivity contribution in [3.63, 3.8) is 0 Å². The molecule has 0 unspecified atom stereocenters. The van der Waals surface area contributed by atoms with Gasteiger partial charge in [-0.05, 0) is 43.7 Å². The van der Waals surface area contributed by atoms with E-state index in [1.165, 1.54) is 30.9 Å². The molecule has 3 rings (SSSR count). The summed E-state index contributed by atoms with van der Waals surface area (Å²) in [6.07, 6.45) is -2.21. The lowest BCUT2D eigenvalue weighted by Gasteiger charge is -2.33. The summed E-state index contributed by atoms with van der Waals surface area (Å²) in [6.45, 7) is 4.37. The molecule has 0 saturated carbocycles. The fourth-order valence-electron chi connectivity index (χ4n) is 2.87. The quantitative estimate of drug-likeness (QED) is 0.798. The predicted octanol–water partition coefficient (Wildman–Crippen LogP) is 2.82. The van der Waals surface area contributed by atoms with Gasteiger partial charge in [-0.15, -0.1) is 0 Å². The highest BCUT2D eigenvalue weighted by molar-refractivity contribution is 5.97. The summed E-state index contributed by atoms with van der Waals surface area (Å²) in [5, 5.41) is 2.50. The highest BCUT2D eigenvalue weighted by Gasteiger charge is 2.35. The Kier molecular flexibility index (Phi) is 5.81. The van der Waals surface area contributed by atoms with E-state index in [-0.39, 0.29) is 18.1 Å². The summed E-state index contributed by atoms with van der Waals surface area (Å²) in [4.78, 5) is 38.2. The summed E-state index contributed by atoms with van der Waals surface area (Å²) in [5.74, 6) is -1.70. The molecule has 0 fully saturated rings. The van der Waals surface area contributed by atoms with Gasteiger partial charge < -0.3 is 19.7 Å². The van der Waals surface area contributed by atoms with Crippen molar-refractivity contribution in [1.82, 2.24) is 0 Å². The number of para-hydroxylation sites is 2. The number of fused-ring (bicyclic) bond motifs is 1. The number of carbonyl (C=O) groups excluding carboxylic acids is 3. The number of ether oxygens (including phenoxy) is 2. The van der Waals surface area contributed by atoms with Gasteiger partial charge in [-0.3, -0.25) is 9.59 Å². The van der Waals surface area contributed by atoms with E-state index in [4.69, 9.17) is 9.47 Å². The van der Waals surface area contributed by atoms with Gasteiger partial charge in [0.15, 0.2) is 6.10 Å².